The van der Waals surface area contributed by atoms with Crippen molar-refractivity contribution in [1.82, 2.24) is 14.8 Å². The van der Waals surface area contributed by atoms with E-state index in [1.54, 1.807) is 0 Å². The maximum Gasteiger partial charge on any atom is 0.0753 e. The number of nitrogens with zero attached hydrogens (tertiary/aromatic N) is 3. The molecule has 198 valence electrons. The molecule has 0 amide bonds. The van der Waals surface area contributed by atoms with Crippen LogP contribution >= 0.6 is 11.6 Å². The van der Waals surface area contributed by atoms with Crippen molar-refractivity contribution in [1.29, 1.82) is 0 Å². The molecular weight excluding hydrogens is 476 g/mol. The summed E-state index contributed by atoms with van der Waals surface area (Å²) in [4.78, 5) is 9.63. The standard InChI is InChI=1S/C19H16ClN.C11H22N2.C2H5N/c1-4-14-7-10-16-17(11-14)21-19(13(3)18(16)20)15-8-5-12(2)6-9-15;1-4-5-6-11(2)13-9-7-12(3)8-10-13;1-2-3/h4-11H,1H2,2-3H3;2,4-10H2,1,3H3;2H,1,3H2. The zero-order valence-electron chi connectivity index (χ0n) is 23.1. The van der Waals surface area contributed by atoms with Crippen molar-refractivity contribution in [2.24, 2.45) is 5.73 Å². The van der Waals surface area contributed by atoms with Gasteiger partial charge in [0, 0.05) is 42.8 Å². The molecule has 0 spiro atoms. The molecule has 4 rings (SSSR count). The predicted molar refractivity (Wildman–Crippen MR) is 164 cm³/mol. The van der Waals surface area contributed by atoms with Gasteiger partial charge in [-0.15, -0.1) is 0 Å². The molecular formula is C32H43ClN4. The summed E-state index contributed by atoms with van der Waals surface area (Å²) in [5.74, 6) is 0. The lowest BCUT2D eigenvalue weighted by molar-refractivity contribution is 0.182. The minimum atomic E-state index is 0.770. The van der Waals surface area contributed by atoms with Crippen LogP contribution in [0.15, 0.2) is 74.1 Å². The summed E-state index contributed by atoms with van der Waals surface area (Å²) < 4.78 is 0. The van der Waals surface area contributed by atoms with E-state index in [2.05, 4.69) is 80.4 Å². The Bertz CT molecular complexity index is 1180. The number of aryl methyl sites for hydroxylation is 1. The lowest BCUT2D eigenvalue weighted by Crippen LogP contribution is -2.43. The van der Waals surface area contributed by atoms with Crippen LogP contribution in [0.1, 0.15) is 42.9 Å². The summed E-state index contributed by atoms with van der Waals surface area (Å²) in [6.45, 7) is 22.1. The van der Waals surface area contributed by atoms with Crippen molar-refractivity contribution in [3.05, 3.63) is 95.8 Å². The second-order valence-electron chi connectivity index (χ2n) is 9.44. The average Bonchev–Trinajstić information content (AvgIpc) is 2.91. The Balaban J connectivity index is 0.000000258. The molecule has 2 aromatic carbocycles. The Labute approximate surface area is 229 Å². The van der Waals surface area contributed by atoms with Crippen molar-refractivity contribution in [2.75, 3.05) is 33.2 Å². The Morgan fingerprint density at radius 1 is 1.05 bits per heavy atom. The summed E-state index contributed by atoms with van der Waals surface area (Å²) in [5, 5.41) is 1.75. The van der Waals surface area contributed by atoms with Gasteiger partial charge in [-0.1, -0.05) is 92.7 Å². The van der Waals surface area contributed by atoms with Crippen LogP contribution in [0.3, 0.4) is 0 Å². The van der Waals surface area contributed by atoms with Crippen molar-refractivity contribution in [3.8, 4) is 11.3 Å². The summed E-state index contributed by atoms with van der Waals surface area (Å²) in [6.07, 6.45) is 6.80. The number of fused-ring (bicyclic) bond motifs is 1. The topological polar surface area (TPSA) is 45.4 Å². The van der Waals surface area contributed by atoms with Crippen LogP contribution in [-0.4, -0.2) is 48.0 Å². The van der Waals surface area contributed by atoms with Crippen LogP contribution in [0.4, 0.5) is 0 Å². The van der Waals surface area contributed by atoms with Gasteiger partial charge in [0.1, 0.15) is 0 Å². The van der Waals surface area contributed by atoms with E-state index >= 15 is 0 Å². The molecule has 0 saturated carbocycles. The number of likely N-dealkylation sites (N-methyl/N-ethyl adjacent to an activating group) is 1. The SMILES string of the molecule is C=C(CCCC)N1CCN(C)CC1.C=CN.C=Cc1ccc2c(Cl)c(C)c(-c3ccc(C)cc3)nc2c1. The highest BCUT2D eigenvalue weighted by atomic mass is 35.5. The lowest BCUT2D eigenvalue weighted by atomic mass is 10.0. The molecule has 1 aliphatic rings. The number of benzene rings is 2. The highest BCUT2D eigenvalue weighted by molar-refractivity contribution is 6.36. The second-order valence-corrected chi connectivity index (χ2v) is 9.82. The van der Waals surface area contributed by atoms with Gasteiger partial charge in [-0.2, -0.15) is 0 Å². The summed E-state index contributed by atoms with van der Waals surface area (Å²) in [7, 11) is 2.19. The third-order valence-electron chi connectivity index (χ3n) is 6.51. The molecule has 4 nitrogen and oxygen atoms in total. The molecule has 0 bridgehead atoms. The third kappa shape index (κ3) is 8.77. The van der Waals surface area contributed by atoms with Crippen molar-refractivity contribution in [2.45, 2.75) is 40.0 Å². The summed E-state index contributed by atoms with van der Waals surface area (Å²) in [5.41, 5.74) is 12.2. The second kappa shape index (κ2) is 15.2. The first-order chi connectivity index (χ1) is 17.7. The number of unbranched alkanes of at least 4 members (excludes halogenated alkanes) is 1. The molecule has 37 heavy (non-hydrogen) atoms. The van der Waals surface area contributed by atoms with Crippen LogP contribution in [0.25, 0.3) is 28.2 Å². The number of halogens is 1. The molecule has 0 atom stereocenters. The van der Waals surface area contributed by atoms with Gasteiger partial charge in [0.25, 0.3) is 0 Å². The number of piperazine rings is 1. The largest absolute Gasteiger partial charge is 0.405 e. The van der Waals surface area contributed by atoms with Gasteiger partial charge < -0.3 is 15.5 Å². The maximum absolute atomic E-state index is 6.54. The Kier molecular flexibility index (Phi) is 12.4. The van der Waals surface area contributed by atoms with E-state index in [0.29, 0.717) is 0 Å². The van der Waals surface area contributed by atoms with Gasteiger partial charge in [-0.05, 0) is 57.1 Å². The highest BCUT2D eigenvalue weighted by Gasteiger charge is 2.14. The predicted octanol–water partition coefficient (Wildman–Crippen LogP) is 7.84. The molecule has 2 N–H and O–H groups in total. The van der Waals surface area contributed by atoms with Crippen LogP contribution in [0, 0.1) is 13.8 Å². The number of allylic oxidation sites excluding steroid dienone is 1. The van der Waals surface area contributed by atoms with Gasteiger partial charge in [0.05, 0.1) is 16.2 Å². The van der Waals surface area contributed by atoms with E-state index < -0.39 is 0 Å². The lowest BCUT2D eigenvalue weighted by Gasteiger charge is -2.35. The Morgan fingerprint density at radius 3 is 2.24 bits per heavy atom. The van der Waals surface area contributed by atoms with Gasteiger partial charge in [-0.25, -0.2) is 4.98 Å². The van der Waals surface area contributed by atoms with E-state index in [9.17, 15) is 0 Å². The van der Waals surface area contributed by atoms with Crippen LogP contribution < -0.4 is 5.73 Å². The Hall–Kier alpha value is -3.08. The molecule has 0 radical (unpaired) electrons. The molecule has 1 aliphatic heterocycles. The number of pyridine rings is 1. The average molecular weight is 519 g/mol. The smallest absolute Gasteiger partial charge is 0.0753 e. The first kappa shape index (κ1) is 30.1. The van der Waals surface area contributed by atoms with E-state index in [-0.39, 0.29) is 0 Å². The van der Waals surface area contributed by atoms with E-state index in [4.69, 9.17) is 16.6 Å². The zero-order chi connectivity index (χ0) is 27.4. The van der Waals surface area contributed by atoms with E-state index in [1.807, 2.05) is 31.2 Å². The quantitative estimate of drug-likeness (QED) is 0.361. The van der Waals surface area contributed by atoms with Gasteiger partial charge in [-0.3, -0.25) is 0 Å². The number of hydrogen-bond donors (Lipinski definition) is 1. The minimum Gasteiger partial charge on any atom is -0.405 e. The molecule has 1 fully saturated rings. The van der Waals surface area contributed by atoms with Crippen molar-refractivity contribution < 1.29 is 0 Å². The fourth-order valence-electron chi connectivity index (χ4n) is 4.12. The van der Waals surface area contributed by atoms with Crippen LogP contribution in [0.2, 0.25) is 5.02 Å². The minimum absolute atomic E-state index is 0.770. The van der Waals surface area contributed by atoms with Crippen LogP contribution in [-0.2, 0) is 0 Å². The summed E-state index contributed by atoms with van der Waals surface area (Å²) >= 11 is 6.54. The van der Waals surface area contributed by atoms with Crippen molar-refractivity contribution in [3.63, 3.8) is 0 Å². The van der Waals surface area contributed by atoms with E-state index in [1.165, 1.54) is 62.9 Å². The molecule has 5 heteroatoms. The normalized spacial score (nSPS) is 13.2. The highest BCUT2D eigenvalue weighted by Crippen LogP contribution is 2.33. The van der Waals surface area contributed by atoms with Gasteiger partial charge >= 0.3 is 0 Å². The first-order valence-corrected chi connectivity index (χ1v) is 13.4. The summed E-state index contributed by atoms with van der Waals surface area (Å²) in [6, 6.07) is 14.4. The third-order valence-corrected chi connectivity index (χ3v) is 6.99. The number of rotatable bonds is 6. The van der Waals surface area contributed by atoms with Crippen molar-refractivity contribution >= 4 is 28.6 Å². The van der Waals surface area contributed by atoms with Gasteiger partial charge in [0.2, 0.25) is 0 Å². The number of aromatic nitrogens is 1. The molecule has 3 aromatic rings. The monoisotopic (exact) mass is 518 g/mol. The first-order valence-electron chi connectivity index (χ1n) is 13.0. The molecule has 2 heterocycles. The number of nitrogens with two attached hydrogens (primary N) is 1. The molecule has 1 saturated heterocycles. The fourth-order valence-corrected chi connectivity index (χ4v) is 4.37. The maximum atomic E-state index is 6.54. The Morgan fingerprint density at radius 2 is 1.68 bits per heavy atom. The molecule has 1 aromatic heterocycles. The molecule has 0 aliphatic carbocycles. The molecule has 0 unspecified atom stereocenters. The fraction of sp³-hybridized carbons (Fsp3) is 0.344. The van der Waals surface area contributed by atoms with Gasteiger partial charge in [0.15, 0.2) is 0 Å². The zero-order valence-corrected chi connectivity index (χ0v) is 23.8. The number of hydrogen-bond acceptors (Lipinski definition) is 4. The van der Waals surface area contributed by atoms with E-state index in [0.717, 1.165) is 38.3 Å². The van der Waals surface area contributed by atoms with Crippen LogP contribution in [0.5, 0.6) is 0 Å².